The van der Waals surface area contributed by atoms with Crippen molar-refractivity contribution in [3.63, 3.8) is 0 Å². The van der Waals surface area contributed by atoms with Gasteiger partial charge in [0.05, 0.1) is 0 Å². The van der Waals surface area contributed by atoms with Crippen molar-refractivity contribution in [2.75, 3.05) is 6.54 Å². The lowest BCUT2D eigenvalue weighted by Gasteiger charge is -2.24. The van der Waals surface area contributed by atoms with E-state index >= 15 is 0 Å². The van der Waals surface area contributed by atoms with Gasteiger partial charge in [0, 0.05) is 12.0 Å². The van der Waals surface area contributed by atoms with Gasteiger partial charge in [-0.3, -0.25) is 4.79 Å². The van der Waals surface area contributed by atoms with Crippen molar-refractivity contribution in [1.29, 1.82) is 0 Å². The summed E-state index contributed by atoms with van der Waals surface area (Å²) in [4.78, 5) is 11.6. The van der Waals surface area contributed by atoms with Crippen LogP contribution in [0.5, 0.6) is 0 Å². The molecule has 0 radical (unpaired) electrons. The summed E-state index contributed by atoms with van der Waals surface area (Å²) in [5, 5.41) is 3.03. The van der Waals surface area contributed by atoms with Crippen LogP contribution in [0.3, 0.4) is 0 Å². The molecule has 1 amide bonds. The maximum Gasteiger partial charge on any atom is 0.220 e. The van der Waals surface area contributed by atoms with Crippen molar-refractivity contribution in [2.45, 2.75) is 58.9 Å². The lowest BCUT2D eigenvalue weighted by atomic mass is 9.99. The van der Waals surface area contributed by atoms with Crippen LogP contribution in [0, 0.1) is 5.92 Å². The lowest BCUT2D eigenvalue weighted by molar-refractivity contribution is -0.123. The Morgan fingerprint density at radius 3 is 2.47 bits per heavy atom. The molecule has 3 heteroatoms. The highest BCUT2D eigenvalue weighted by atomic mass is 16.1. The smallest absolute Gasteiger partial charge is 0.220 e. The third-order valence-electron chi connectivity index (χ3n) is 2.89. The van der Waals surface area contributed by atoms with E-state index in [-0.39, 0.29) is 11.4 Å². The number of carbonyl (C=O) groups is 1. The minimum Gasteiger partial charge on any atom is -0.351 e. The molecule has 0 aliphatic heterocycles. The quantitative estimate of drug-likeness (QED) is 0.681. The molecule has 0 aromatic heterocycles. The standard InChI is InChI=1S/C12H26N2O/c1-5-12(3,4)14-11(15)7-6-10(2)8-9-13/h10H,5-9,13H2,1-4H3,(H,14,15). The van der Waals surface area contributed by atoms with Crippen molar-refractivity contribution in [3.8, 4) is 0 Å². The topological polar surface area (TPSA) is 55.1 Å². The first-order chi connectivity index (χ1) is 6.91. The highest BCUT2D eigenvalue weighted by Crippen LogP contribution is 2.11. The van der Waals surface area contributed by atoms with Crippen LogP contribution in [0.2, 0.25) is 0 Å². The Morgan fingerprint density at radius 2 is 2.00 bits per heavy atom. The highest BCUT2D eigenvalue weighted by Gasteiger charge is 2.17. The molecule has 0 fully saturated rings. The molecule has 0 spiro atoms. The normalized spacial score (nSPS) is 13.7. The maximum atomic E-state index is 11.6. The summed E-state index contributed by atoms with van der Waals surface area (Å²) in [5.41, 5.74) is 5.38. The summed E-state index contributed by atoms with van der Waals surface area (Å²) in [7, 11) is 0. The molecule has 3 nitrogen and oxygen atoms in total. The van der Waals surface area contributed by atoms with Crippen LogP contribution >= 0.6 is 0 Å². The Morgan fingerprint density at radius 1 is 1.40 bits per heavy atom. The third-order valence-corrected chi connectivity index (χ3v) is 2.89. The second-order valence-corrected chi connectivity index (χ2v) is 5.01. The van der Waals surface area contributed by atoms with Crippen LogP contribution in [0.4, 0.5) is 0 Å². The van der Waals surface area contributed by atoms with Gasteiger partial charge in [-0.25, -0.2) is 0 Å². The molecule has 15 heavy (non-hydrogen) atoms. The summed E-state index contributed by atoms with van der Waals surface area (Å²) < 4.78 is 0. The average Bonchev–Trinajstić information content (AvgIpc) is 2.15. The zero-order valence-corrected chi connectivity index (χ0v) is 10.6. The number of amides is 1. The fourth-order valence-corrected chi connectivity index (χ4v) is 1.33. The predicted octanol–water partition coefficient (Wildman–Crippen LogP) is 2.06. The van der Waals surface area contributed by atoms with Crippen molar-refractivity contribution in [1.82, 2.24) is 5.32 Å². The van der Waals surface area contributed by atoms with Gasteiger partial charge in [0.15, 0.2) is 0 Å². The zero-order valence-electron chi connectivity index (χ0n) is 10.6. The second kappa shape index (κ2) is 6.83. The Balaban J connectivity index is 3.75. The van der Waals surface area contributed by atoms with E-state index in [4.69, 9.17) is 5.73 Å². The first-order valence-electron chi connectivity index (χ1n) is 5.92. The molecule has 0 aromatic rings. The second-order valence-electron chi connectivity index (χ2n) is 5.01. The van der Waals surface area contributed by atoms with Crippen molar-refractivity contribution < 1.29 is 4.79 Å². The fourth-order valence-electron chi connectivity index (χ4n) is 1.33. The molecule has 0 aliphatic carbocycles. The monoisotopic (exact) mass is 214 g/mol. The van der Waals surface area contributed by atoms with Crippen LogP contribution in [0.25, 0.3) is 0 Å². The van der Waals surface area contributed by atoms with Crippen LogP contribution in [0.15, 0.2) is 0 Å². The van der Waals surface area contributed by atoms with Gasteiger partial charge in [-0.15, -0.1) is 0 Å². The Bertz CT molecular complexity index is 190. The third kappa shape index (κ3) is 7.37. The molecular formula is C12H26N2O. The molecule has 0 saturated carbocycles. The highest BCUT2D eigenvalue weighted by molar-refractivity contribution is 5.76. The van der Waals surface area contributed by atoms with E-state index in [9.17, 15) is 4.79 Å². The summed E-state index contributed by atoms with van der Waals surface area (Å²) in [6.45, 7) is 9.04. The van der Waals surface area contributed by atoms with Gasteiger partial charge in [0.2, 0.25) is 5.91 Å². The summed E-state index contributed by atoms with van der Waals surface area (Å²) in [5.74, 6) is 0.705. The first kappa shape index (κ1) is 14.4. The molecule has 0 heterocycles. The van der Waals surface area contributed by atoms with E-state index in [1.807, 2.05) is 13.8 Å². The number of nitrogens with two attached hydrogens (primary N) is 1. The maximum absolute atomic E-state index is 11.6. The molecule has 0 aliphatic rings. The summed E-state index contributed by atoms with van der Waals surface area (Å²) in [6, 6.07) is 0. The molecular weight excluding hydrogens is 188 g/mol. The van der Waals surface area contributed by atoms with Crippen molar-refractivity contribution in [2.24, 2.45) is 11.7 Å². The van der Waals surface area contributed by atoms with Gasteiger partial charge in [0.25, 0.3) is 0 Å². The van der Waals surface area contributed by atoms with E-state index in [0.717, 1.165) is 19.3 Å². The van der Waals surface area contributed by atoms with Gasteiger partial charge in [0.1, 0.15) is 0 Å². The fraction of sp³-hybridized carbons (Fsp3) is 0.917. The van der Waals surface area contributed by atoms with Crippen LogP contribution in [0.1, 0.15) is 53.4 Å². The zero-order chi connectivity index (χ0) is 11.9. The van der Waals surface area contributed by atoms with E-state index in [1.165, 1.54) is 0 Å². The molecule has 0 rings (SSSR count). The molecule has 0 bridgehead atoms. The Kier molecular flexibility index (Phi) is 6.57. The summed E-state index contributed by atoms with van der Waals surface area (Å²) >= 11 is 0. The SMILES string of the molecule is CCC(C)(C)NC(=O)CCC(C)CCN. The molecule has 1 atom stereocenters. The van der Waals surface area contributed by atoms with Crippen LogP contribution in [-0.4, -0.2) is 18.0 Å². The largest absolute Gasteiger partial charge is 0.351 e. The first-order valence-corrected chi connectivity index (χ1v) is 5.92. The van der Waals surface area contributed by atoms with E-state index in [0.29, 0.717) is 18.9 Å². The Labute approximate surface area is 93.8 Å². The van der Waals surface area contributed by atoms with E-state index in [2.05, 4.69) is 19.2 Å². The molecule has 1 unspecified atom stereocenters. The van der Waals surface area contributed by atoms with E-state index in [1.54, 1.807) is 0 Å². The number of nitrogens with one attached hydrogen (secondary N) is 1. The molecule has 3 N–H and O–H groups in total. The minimum absolute atomic E-state index is 0.0752. The molecule has 0 saturated heterocycles. The van der Waals surface area contributed by atoms with Crippen molar-refractivity contribution >= 4 is 5.91 Å². The van der Waals surface area contributed by atoms with Gasteiger partial charge >= 0.3 is 0 Å². The molecule has 90 valence electrons. The molecule has 0 aromatic carbocycles. The van der Waals surface area contributed by atoms with Gasteiger partial charge in [-0.05, 0) is 45.6 Å². The number of hydrogen-bond donors (Lipinski definition) is 2. The lowest BCUT2D eigenvalue weighted by Crippen LogP contribution is -2.42. The Hall–Kier alpha value is -0.570. The number of hydrogen-bond acceptors (Lipinski definition) is 2. The minimum atomic E-state index is -0.0752. The average molecular weight is 214 g/mol. The predicted molar refractivity (Wildman–Crippen MR) is 64.6 cm³/mol. The van der Waals surface area contributed by atoms with Gasteiger partial charge in [-0.2, -0.15) is 0 Å². The van der Waals surface area contributed by atoms with Gasteiger partial charge in [-0.1, -0.05) is 13.8 Å². The van der Waals surface area contributed by atoms with Crippen LogP contribution < -0.4 is 11.1 Å². The number of rotatable bonds is 7. The summed E-state index contributed by atoms with van der Waals surface area (Å²) in [6.07, 6.45) is 3.51. The number of carbonyl (C=O) groups excluding carboxylic acids is 1. The van der Waals surface area contributed by atoms with Gasteiger partial charge < -0.3 is 11.1 Å². The van der Waals surface area contributed by atoms with Crippen LogP contribution in [-0.2, 0) is 4.79 Å². The van der Waals surface area contributed by atoms with Crippen molar-refractivity contribution in [3.05, 3.63) is 0 Å². The van der Waals surface area contributed by atoms with E-state index < -0.39 is 0 Å².